The molecule has 1 aromatic carbocycles. The molecule has 2 aliphatic heterocycles. The third kappa shape index (κ3) is 6.33. The molecule has 0 spiro atoms. The van der Waals surface area contributed by atoms with Gasteiger partial charge in [0.2, 0.25) is 5.82 Å². The standard InChI is InChI=1S/C26H32N10O2S/c1-37-21-7-3-2-6-20(21)36-33-25(32-34-36)22-16-28-26(39-22)31-24-14-18(17-35-9-11-38-12-10-35)13-23(30-24)29-19-5-4-8-27-15-19/h2-3,6-7,13-14,16,19,27H,4-5,8-12,15,17H2,1H3,(H2,28,29,30,31)/t19-/m0/s1. The Labute approximate surface area is 230 Å². The monoisotopic (exact) mass is 548 g/mol. The van der Waals surface area contributed by atoms with Gasteiger partial charge in [0.1, 0.15) is 23.1 Å². The zero-order valence-corrected chi connectivity index (χ0v) is 22.7. The lowest BCUT2D eigenvalue weighted by Crippen LogP contribution is -2.38. The first-order valence-corrected chi connectivity index (χ1v) is 14.0. The maximum atomic E-state index is 5.53. The van der Waals surface area contributed by atoms with Crippen molar-refractivity contribution >= 4 is 28.1 Å². The lowest BCUT2D eigenvalue weighted by atomic mass is 10.1. The summed E-state index contributed by atoms with van der Waals surface area (Å²) < 4.78 is 11.0. The number of piperidine rings is 1. The van der Waals surface area contributed by atoms with Gasteiger partial charge < -0.3 is 25.4 Å². The highest BCUT2D eigenvalue weighted by atomic mass is 32.1. The molecular weight excluding hydrogens is 516 g/mol. The second-order valence-corrected chi connectivity index (χ2v) is 10.6. The summed E-state index contributed by atoms with van der Waals surface area (Å²) in [6, 6.07) is 12.2. The van der Waals surface area contributed by atoms with Gasteiger partial charge in [-0.1, -0.05) is 23.5 Å². The van der Waals surface area contributed by atoms with Crippen molar-refractivity contribution < 1.29 is 9.47 Å². The number of anilines is 3. The molecule has 0 radical (unpaired) electrons. The van der Waals surface area contributed by atoms with Gasteiger partial charge in [0.15, 0.2) is 5.13 Å². The number of methoxy groups -OCH3 is 1. The summed E-state index contributed by atoms with van der Waals surface area (Å²) in [6.45, 7) is 6.26. The molecule has 0 bridgehead atoms. The molecule has 5 heterocycles. The highest BCUT2D eigenvalue weighted by Crippen LogP contribution is 2.30. The molecule has 204 valence electrons. The molecule has 0 unspecified atom stereocenters. The molecule has 0 amide bonds. The van der Waals surface area contributed by atoms with E-state index in [1.807, 2.05) is 24.3 Å². The van der Waals surface area contributed by atoms with Crippen LogP contribution in [0.15, 0.2) is 42.6 Å². The van der Waals surface area contributed by atoms with Gasteiger partial charge in [-0.15, -0.1) is 15.0 Å². The minimum Gasteiger partial charge on any atom is -0.494 e. The van der Waals surface area contributed by atoms with Crippen LogP contribution in [0.5, 0.6) is 5.75 Å². The summed E-state index contributed by atoms with van der Waals surface area (Å²) in [7, 11) is 1.62. The number of hydrogen-bond donors (Lipinski definition) is 3. The van der Waals surface area contributed by atoms with E-state index < -0.39 is 0 Å². The van der Waals surface area contributed by atoms with Crippen LogP contribution in [-0.2, 0) is 11.3 Å². The molecule has 2 aliphatic rings. The average molecular weight is 549 g/mol. The first-order valence-electron chi connectivity index (χ1n) is 13.2. The smallest absolute Gasteiger partial charge is 0.216 e. The number of tetrazole rings is 1. The van der Waals surface area contributed by atoms with Crippen LogP contribution in [-0.4, -0.2) is 87.6 Å². The minimum atomic E-state index is 0.362. The maximum absolute atomic E-state index is 5.53. The maximum Gasteiger partial charge on any atom is 0.216 e. The van der Waals surface area contributed by atoms with Crippen molar-refractivity contribution in [1.29, 1.82) is 0 Å². The van der Waals surface area contributed by atoms with E-state index in [0.29, 0.717) is 22.7 Å². The topological polar surface area (TPSA) is 127 Å². The molecule has 0 saturated carbocycles. The van der Waals surface area contributed by atoms with E-state index in [9.17, 15) is 0 Å². The number of benzene rings is 1. The number of aromatic nitrogens is 6. The lowest BCUT2D eigenvalue weighted by Gasteiger charge is -2.27. The molecule has 3 N–H and O–H groups in total. The second-order valence-electron chi connectivity index (χ2n) is 9.55. The van der Waals surface area contributed by atoms with E-state index in [-0.39, 0.29) is 0 Å². The van der Waals surface area contributed by atoms with Crippen molar-refractivity contribution in [3.05, 3.63) is 48.2 Å². The molecule has 39 heavy (non-hydrogen) atoms. The number of rotatable bonds is 9. The predicted octanol–water partition coefficient (Wildman–Crippen LogP) is 2.93. The summed E-state index contributed by atoms with van der Waals surface area (Å²) in [4.78, 5) is 14.1. The highest BCUT2D eigenvalue weighted by Gasteiger charge is 2.18. The largest absolute Gasteiger partial charge is 0.494 e. The van der Waals surface area contributed by atoms with Gasteiger partial charge in [0, 0.05) is 32.2 Å². The van der Waals surface area contributed by atoms with E-state index in [4.69, 9.17) is 14.5 Å². The van der Waals surface area contributed by atoms with Gasteiger partial charge in [-0.2, -0.15) is 0 Å². The van der Waals surface area contributed by atoms with E-state index in [1.54, 1.807) is 13.3 Å². The quantitative estimate of drug-likeness (QED) is 0.286. The van der Waals surface area contributed by atoms with Gasteiger partial charge in [0.05, 0.1) is 31.4 Å². The Hall–Kier alpha value is -3.65. The zero-order chi connectivity index (χ0) is 26.4. The molecular formula is C26H32N10O2S. The molecule has 2 saturated heterocycles. The number of morpholine rings is 1. The van der Waals surface area contributed by atoms with E-state index in [0.717, 1.165) is 81.0 Å². The van der Waals surface area contributed by atoms with Crippen molar-refractivity contribution in [3.8, 4) is 22.1 Å². The number of pyridine rings is 1. The van der Waals surface area contributed by atoms with Crippen molar-refractivity contribution in [2.24, 2.45) is 0 Å². The molecule has 4 aromatic rings. The van der Waals surface area contributed by atoms with Crippen molar-refractivity contribution in [2.75, 3.05) is 57.1 Å². The Bertz CT molecular complexity index is 1340. The number of hydrogen-bond acceptors (Lipinski definition) is 12. The van der Waals surface area contributed by atoms with Crippen LogP contribution >= 0.6 is 11.3 Å². The summed E-state index contributed by atoms with van der Waals surface area (Å²) in [5.74, 6) is 2.78. The van der Waals surface area contributed by atoms with E-state index in [2.05, 4.69) is 53.4 Å². The highest BCUT2D eigenvalue weighted by molar-refractivity contribution is 7.18. The SMILES string of the molecule is COc1ccccc1-n1nnc(-c2cnc(Nc3cc(CN4CCOCC4)cc(N[C@H]4CCCNC4)n3)s2)n1. The Balaban J connectivity index is 1.20. The molecule has 3 aromatic heterocycles. The fourth-order valence-corrected chi connectivity index (χ4v) is 5.52. The molecule has 12 nitrogen and oxygen atoms in total. The van der Waals surface area contributed by atoms with Crippen LogP contribution in [0.1, 0.15) is 18.4 Å². The predicted molar refractivity (Wildman–Crippen MR) is 150 cm³/mol. The Morgan fingerprint density at radius 2 is 2.05 bits per heavy atom. The Morgan fingerprint density at radius 3 is 2.90 bits per heavy atom. The average Bonchev–Trinajstić information content (AvgIpc) is 3.64. The third-order valence-corrected chi connectivity index (χ3v) is 7.63. The summed E-state index contributed by atoms with van der Waals surface area (Å²) >= 11 is 1.45. The van der Waals surface area contributed by atoms with Gasteiger partial charge in [-0.3, -0.25) is 4.90 Å². The number of nitrogens with zero attached hydrogens (tertiary/aromatic N) is 7. The van der Waals surface area contributed by atoms with Crippen LogP contribution in [0.4, 0.5) is 16.8 Å². The Morgan fingerprint density at radius 1 is 1.18 bits per heavy atom. The first-order chi connectivity index (χ1) is 19.2. The van der Waals surface area contributed by atoms with Crippen molar-refractivity contribution in [1.82, 2.24) is 40.4 Å². The Kier molecular flexibility index (Phi) is 7.90. The minimum absolute atomic E-state index is 0.362. The van der Waals surface area contributed by atoms with Crippen LogP contribution in [0, 0.1) is 0 Å². The normalized spacial score (nSPS) is 18.1. The van der Waals surface area contributed by atoms with Gasteiger partial charge in [-0.25, -0.2) is 9.97 Å². The number of ether oxygens (including phenoxy) is 2. The fourth-order valence-electron chi connectivity index (χ4n) is 4.77. The van der Waals surface area contributed by atoms with Crippen molar-refractivity contribution in [3.63, 3.8) is 0 Å². The third-order valence-electron chi connectivity index (χ3n) is 6.72. The second kappa shape index (κ2) is 12.0. The molecule has 6 rings (SSSR count). The zero-order valence-electron chi connectivity index (χ0n) is 21.8. The lowest BCUT2D eigenvalue weighted by molar-refractivity contribution is 0.0342. The van der Waals surface area contributed by atoms with Gasteiger partial charge >= 0.3 is 0 Å². The fraction of sp³-hybridized carbons (Fsp3) is 0.423. The van der Waals surface area contributed by atoms with Gasteiger partial charge in [0.25, 0.3) is 0 Å². The van der Waals surface area contributed by atoms with E-state index >= 15 is 0 Å². The van der Waals surface area contributed by atoms with Crippen LogP contribution < -0.4 is 20.7 Å². The van der Waals surface area contributed by atoms with Gasteiger partial charge in [-0.05, 0) is 54.4 Å². The number of nitrogens with one attached hydrogen (secondary N) is 3. The number of para-hydroxylation sites is 2. The number of thiazole rings is 1. The van der Waals surface area contributed by atoms with Crippen molar-refractivity contribution in [2.45, 2.75) is 25.4 Å². The molecule has 2 fully saturated rings. The van der Waals surface area contributed by atoms with Crippen LogP contribution in [0.3, 0.4) is 0 Å². The molecule has 13 heteroatoms. The summed E-state index contributed by atoms with van der Waals surface area (Å²) in [5.41, 5.74) is 1.91. The first kappa shape index (κ1) is 25.6. The summed E-state index contributed by atoms with van der Waals surface area (Å²) in [6.07, 6.45) is 4.04. The molecule has 1 atom stereocenters. The molecule has 0 aliphatic carbocycles. The van der Waals surface area contributed by atoms with Crippen LogP contribution in [0.25, 0.3) is 16.4 Å². The van der Waals surface area contributed by atoms with E-state index in [1.165, 1.54) is 21.7 Å². The van der Waals surface area contributed by atoms with Crippen LogP contribution in [0.2, 0.25) is 0 Å². The summed E-state index contributed by atoms with van der Waals surface area (Å²) in [5, 5.41) is 24.2.